The van der Waals surface area contributed by atoms with E-state index in [1.807, 2.05) is 6.07 Å². The van der Waals surface area contributed by atoms with Gasteiger partial charge in [0.2, 0.25) is 0 Å². The second-order valence-electron chi connectivity index (χ2n) is 8.39. The topological polar surface area (TPSA) is 108 Å². The fraction of sp³-hybridized carbons (Fsp3) is 0.500. The van der Waals surface area contributed by atoms with Crippen LogP contribution in [0.2, 0.25) is 5.02 Å². The molecule has 1 amide bonds. The minimum absolute atomic E-state index is 0.00378. The molecule has 0 aromatic heterocycles. The molecule has 0 atom stereocenters. The zero-order valence-corrected chi connectivity index (χ0v) is 16.0. The minimum Gasteiger partial charge on any atom is -0.384 e. The Balaban J connectivity index is 1.47. The lowest BCUT2D eigenvalue weighted by Gasteiger charge is -2.56. The molecule has 2 N–H and O–H groups in total. The van der Waals surface area contributed by atoms with E-state index in [4.69, 9.17) is 11.6 Å². The van der Waals surface area contributed by atoms with Gasteiger partial charge in [0.25, 0.3) is 11.6 Å². The normalized spacial score (nSPS) is 30.6. The first kappa shape index (κ1) is 18.8. The quantitative estimate of drug-likeness (QED) is 0.334. The van der Waals surface area contributed by atoms with Crippen molar-refractivity contribution in [3.05, 3.63) is 45.1 Å². The van der Waals surface area contributed by atoms with Crippen LogP contribution in [0.4, 0.5) is 11.4 Å². The van der Waals surface area contributed by atoms with Gasteiger partial charge in [-0.05, 0) is 68.4 Å². The van der Waals surface area contributed by atoms with Crippen LogP contribution in [0.5, 0.6) is 0 Å². The first-order valence-electron chi connectivity index (χ1n) is 9.51. The number of carbonyl (C=O) groups excluding carboxylic acids is 1. The molecule has 4 bridgehead atoms. The summed E-state index contributed by atoms with van der Waals surface area (Å²) in [7, 11) is 0. The second kappa shape index (κ2) is 7.10. The molecule has 0 saturated heterocycles. The Morgan fingerprint density at radius 2 is 1.86 bits per heavy atom. The highest BCUT2D eigenvalue weighted by molar-refractivity contribution is 6.32. The third kappa shape index (κ3) is 3.57. The lowest BCUT2D eigenvalue weighted by atomic mass is 9.53. The van der Waals surface area contributed by atoms with E-state index in [0.717, 1.165) is 37.0 Å². The van der Waals surface area contributed by atoms with Crippen molar-refractivity contribution in [2.45, 2.75) is 44.1 Å². The highest BCUT2D eigenvalue weighted by Crippen LogP contribution is 2.55. The predicted octanol–water partition coefficient (Wildman–Crippen LogP) is 4.15. The van der Waals surface area contributed by atoms with Crippen LogP contribution >= 0.6 is 11.6 Å². The van der Waals surface area contributed by atoms with Crippen molar-refractivity contribution in [2.75, 3.05) is 5.32 Å². The number of nitrogens with zero attached hydrogens (tertiary/aromatic N) is 2. The summed E-state index contributed by atoms with van der Waals surface area (Å²) in [6.45, 7) is 0. The van der Waals surface area contributed by atoms with Gasteiger partial charge in [0.1, 0.15) is 16.7 Å². The summed E-state index contributed by atoms with van der Waals surface area (Å²) in [6.07, 6.45) is 8.74. The molecule has 7 nitrogen and oxygen atoms in total. The average molecular weight is 401 g/mol. The maximum Gasteiger partial charge on any atom is 0.289 e. The van der Waals surface area contributed by atoms with Crippen molar-refractivity contribution < 1.29 is 9.72 Å². The number of halogens is 1. The van der Waals surface area contributed by atoms with E-state index in [-0.39, 0.29) is 27.5 Å². The molecule has 4 fully saturated rings. The van der Waals surface area contributed by atoms with Crippen LogP contribution in [-0.4, -0.2) is 16.4 Å². The Bertz CT molecular complexity index is 870. The smallest absolute Gasteiger partial charge is 0.289 e. The number of nitro benzene ring substituents is 1. The van der Waals surface area contributed by atoms with Crippen LogP contribution in [0, 0.1) is 39.2 Å². The molecule has 0 aliphatic heterocycles. The molecule has 4 aliphatic carbocycles. The summed E-state index contributed by atoms with van der Waals surface area (Å²) < 4.78 is 0. The number of nitro groups is 1. The minimum atomic E-state index is -0.617. The van der Waals surface area contributed by atoms with Gasteiger partial charge < -0.3 is 10.6 Å². The molecule has 0 heterocycles. The molecule has 0 unspecified atom stereocenters. The molecule has 4 saturated carbocycles. The van der Waals surface area contributed by atoms with E-state index in [9.17, 15) is 20.2 Å². The SMILES string of the molecule is N#C/C(=C/NC12CC3CC(CC(C3)C1)C2)C(=O)Nc1ccc(Cl)c([N+](=O)[O-])c1. The first-order valence-corrected chi connectivity index (χ1v) is 9.88. The molecule has 8 heteroatoms. The molecule has 146 valence electrons. The Morgan fingerprint density at radius 1 is 1.25 bits per heavy atom. The van der Waals surface area contributed by atoms with Gasteiger partial charge in [0, 0.05) is 23.5 Å². The monoisotopic (exact) mass is 400 g/mol. The summed E-state index contributed by atoms with van der Waals surface area (Å²) in [5, 5.41) is 26.4. The van der Waals surface area contributed by atoms with Crippen molar-refractivity contribution in [3.63, 3.8) is 0 Å². The third-order valence-electron chi connectivity index (χ3n) is 6.33. The van der Waals surface area contributed by atoms with Gasteiger partial charge in [0.05, 0.1) is 4.92 Å². The number of hydrogen-bond acceptors (Lipinski definition) is 5. The number of hydrogen-bond donors (Lipinski definition) is 2. The number of benzene rings is 1. The van der Waals surface area contributed by atoms with Crippen molar-refractivity contribution in [1.29, 1.82) is 5.26 Å². The van der Waals surface area contributed by atoms with Crippen molar-refractivity contribution in [3.8, 4) is 6.07 Å². The van der Waals surface area contributed by atoms with E-state index >= 15 is 0 Å². The van der Waals surface area contributed by atoms with E-state index in [2.05, 4.69) is 10.6 Å². The Hall–Kier alpha value is -2.59. The number of nitrogens with one attached hydrogen (secondary N) is 2. The highest BCUT2D eigenvalue weighted by atomic mass is 35.5. The Labute approximate surface area is 167 Å². The number of carbonyl (C=O) groups is 1. The van der Waals surface area contributed by atoms with E-state index in [1.54, 1.807) is 0 Å². The Morgan fingerprint density at radius 3 is 2.39 bits per heavy atom. The number of anilines is 1. The van der Waals surface area contributed by atoms with Gasteiger partial charge in [0.15, 0.2) is 0 Å². The molecule has 1 aromatic rings. The van der Waals surface area contributed by atoms with Crippen molar-refractivity contribution in [2.24, 2.45) is 17.8 Å². The van der Waals surface area contributed by atoms with Gasteiger partial charge in [-0.2, -0.15) is 5.26 Å². The van der Waals surface area contributed by atoms with Gasteiger partial charge in [-0.1, -0.05) is 11.6 Å². The van der Waals surface area contributed by atoms with Crippen LogP contribution in [-0.2, 0) is 4.79 Å². The first-order chi connectivity index (χ1) is 13.4. The fourth-order valence-electron chi connectivity index (χ4n) is 5.59. The Kier molecular flexibility index (Phi) is 4.76. The zero-order valence-electron chi connectivity index (χ0n) is 15.3. The zero-order chi connectivity index (χ0) is 19.9. The number of rotatable bonds is 5. The number of amides is 1. The summed E-state index contributed by atoms with van der Waals surface area (Å²) in [5.41, 5.74) is -0.130. The fourth-order valence-corrected chi connectivity index (χ4v) is 5.78. The molecule has 28 heavy (non-hydrogen) atoms. The largest absolute Gasteiger partial charge is 0.384 e. The maximum absolute atomic E-state index is 12.5. The van der Waals surface area contributed by atoms with E-state index in [0.29, 0.717) is 0 Å². The average Bonchev–Trinajstić information content (AvgIpc) is 2.62. The van der Waals surface area contributed by atoms with Gasteiger partial charge in [-0.25, -0.2) is 0 Å². The summed E-state index contributed by atoms with van der Waals surface area (Å²) >= 11 is 5.79. The van der Waals surface area contributed by atoms with Crippen LogP contribution < -0.4 is 10.6 Å². The maximum atomic E-state index is 12.5. The predicted molar refractivity (Wildman–Crippen MR) is 104 cm³/mol. The molecule has 0 radical (unpaired) electrons. The van der Waals surface area contributed by atoms with Gasteiger partial charge in [-0.15, -0.1) is 0 Å². The van der Waals surface area contributed by atoms with Crippen LogP contribution in [0.3, 0.4) is 0 Å². The number of nitriles is 1. The van der Waals surface area contributed by atoms with Gasteiger partial charge >= 0.3 is 0 Å². The van der Waals surface area contributed by atoms with Gasteiger partial charge in [-0.3, -0.25) is 14.9 Å². The molecule has 4 aliphatic rings. The van der Waals surface area contributed by atoms with Crippen LogP contribution in [0.25, 0.3) is 0 Å². The standard InChI is InChI=1S/C20H21ClN4O3/c21-17-2-1-16(6-18(17)25(27)28)24-19(26)15(10-22)11-23-20-7-12-3-13(8-20)5-14(4-12)9-20/h1-2,6,11-14,23H,3-5,7-9H2,(H,24,26)/b15-11-. The lowest BCUT2D eigenvalue weighted by molar-refractivity contribution is -0.384. The van der Waals surface area contributed by atoms with Crippen molar-refractivity contribution in [1.82, 2.24) is 5.32 Å². The summed E-state index contributed by atoms with van der Waals surface area (Å²) in [4.78, 5) is 22.9. The summed E-state index contributed by atoms with van der Waals surface area (Å²) in [5.74, 6) is 1.65. The van der Waals surface area contributed by atoms with Crippen LogP contribution in [0.1, 0.15) is 38.5 Å². The molecule has 0 spiro atoms. The molecular weight excluding hydrogens is 380 g/mol. The third-order valence-corrected chi connectivity index (χ3v) is 6.65. The molecular formula is C20H21ClN4O3. The van der Waals surface area contributed by atoms with E-state index < -0.39 is 10.8 Å². The second-order valence-corrected chi connectivity index (χ2v) is 8.80. The lowest BCUT2D eigenvalue weighted by Crippen LogP contribution is -2.57. The summed E-state index contributed by atoms with van der Waals surface area (Å²) in [6, 6.07) is 5.93. The molecule has 1 aromatic carbocycles. The van der Waals surface area contributed by atoms with E-state index in [1.165, 1.54) is 43.7 Å². The highest BCUT2D eigenvalue weighted by Gasteiger charge is 2.50. The van der Waals surface area contributed by atoms with Crippen LogP contribution in [0.15, 0.2) is 30.0 Å². The molecule has 5 rings (SSSR count). The van der Waals surface area contributed by atoms with Crippen molar-refractivity contribution >= 4 is 28.9 Å².